The highest BCUT2D eigenvalue weighted by atomic mass is 32.1. The number of rotatable bonds is 4. The molecular formula is C15H20N6S. The number of fused-ring (bicyclic) bond motifs is 1. The molecule has 6 nitrogen and oxygen atoms in total. The van der Waals surface area contributed by atoms with Crippen LogP contribution in [0.2, 0.25) is 0 Å². The summed E-state index contributed by atoms with van der Waals surface area (Å²) in [7, 11) is 2.16. The van der Waals surface area contributed by atoms with Gasteiger partial charge in [-0.05, 0) is 44.9 Å². The smallest absolute Gasteiger partial charge is 0.151 e. The van der Waals surface area contributed by atoms with Crippen molar-refractivity contribution in [1.29, 1.82) is 0 Å². The number of hydrogen-bond donors (Lipinski definition) is 0. The van der Waals surface area contributed by atoms with E-state index in [-0.39, 0.29) is 0 Å². The van der Waals surface area contributed by atoms with E-state index in [2.05, 4.69) is 43.3 Å². The second-order valence-electron chi connectivity index (χ2n) is 6.22. The summed E-state index contributed by atoms with van der Waals surface area (Å²) in [5, 5.41) is 19.2. The topological polar surface area (TPSA) is 58.0 Å². The lowest BCUT2D eigenvalue weighted by atomic mass is 10.1. The van der Waals surface area contributed by atoms with Crippen molar-refractivity contribution < 1.29 is 0 Å². The van der Waals surface area contributed by atoms with Crippen LogP contribution in [-0.2, 0) is 19.4 Å². The lowest BCUT2D eigenvalue weighted by Crippen LogP contribution is -2.58. The van der Waals surface area contributed by atoms with Crippen LogP contribution in [0.25, 0.3) is 0 Å². The molecule has 1 aliphatic heterocycles. The molecule has 0 atom stereocenters. The van der Waals surface area contributed by atoms with Gasteiger partial charge in [-0.1, -0.05) is 0 Å². The minimum absolute atomic E-state index is 0.555. The lowest BCUT2D eigenvalue weighted by molar-refractivity contribution is 0.196. The van der Waals surface area contributed by atoms with Crippen LogP contribution < -0.4 is 4.90 Å². The van der Waals surface area contributed by atoms with Gasteiger partial charge in [0.15, 0.2) is 5.82 Å². The molecule has 0 radical (unpaired) electrons. The minimum Gasteiger partial charge on any atom is -0.352 e. The number of hydrogen-bond acceptors (Lipinski definition) is 7. The van der Waals surface area contributed by atoms with E-state index < -0.39 is 0 Å². The molecule has 7 heteroatoms. The predicted octanol–water partition coefficient (Wildman–Crippen LogP) is 1.45. The van der Waals surface area contributed by atoms with Gasteiger partial charge < -0.3 is 4.90 Å². The van der Waals surface area contributed by atoms with Gasteiger partial charge in [-0.3, -0.25) is 4.90 Å². The van der Waals surface area contributed by atoms with Crippen molar-refractivity contribution in [3.8, 4) is 0 Å². The Morgan fingerprint density at radius 3 is 2.86 bits per heavy atom. The second-order valence-corrected chi connectivity index (χ2v) is 7.48. The lowest BCUT2D eigenvalue weighted by Gasteiger charge is -2.44. The average Bonchev–Trinajstić information content (AvgIpc) is 3.05. The SMILES string of the molecule is Cc1nnc(CN(C)C2CN(c3cc4c(nn3)CCC4)C2)s1. The van der Waals surface area contributed by atoms with E-state index in [9.17, 15) is 0 Å². The van der Waals surface area contributed by atoms with Gasteiger partial charge in [-0.25, -0.2) is 0 Å². The number of anilines is 1. The molecule has 3 heterocycles. The van der Waals surface area contributed by atoms with Crippen molar-refractivity contribution in [1.82, 2.24) is 25.3 Å². The fraction of sp³-hybridized carbons (Fsp3) is 0.600. The molecule has 22 heavy (non-hydrogen) atoms. The fourth-order valence-corrected chi connectivity index (χ4v) is 3.91. The first-order valence-electron chi connectivity index (χ1n) is 7.78. The summed E-state index contributed by atoms with van der Waals surface area (Å²) in [6, 6.07) is 2.79. The van der Waals surface area contributed by atoms with Gasteiger partial charge in [0.25, 0.3) is 0 Å². The number of nitrogens with zero attached hydrogens (tertiary/aromatic N) is 6. The Balaban J connectivity index is 1.35. The van der Waals surface area contributed by atoms with E-state index in [0.717, 1.165) is 48.3 Å². The zero-order valence-electron chi connectivity index (χ0n) is 13.0. The molecule has 0 N–H and O–H groups in total. The summed E-state index contributed by atoms with van der Waals surface area (Å²) in [6.45, 7) is 4.90. The van der Waals surface area contributed by atoms with Gasteiger partial charge in [0.05, 0.1) is 12.2 Å². The largest absolute Gasteiger partial charge is 0.352 e. The molecule has 1 saturated heterocycles. The average molecular weight is 316 g/mol. The summed E-state index contributed by atoms with van der Waals surface area (Å²) in [5.74, 6) is 1.04. The van der Waals surface area contributed by atoms with Gasteiger partial charge in [0, 0.05) is 19.1 Å². The molecule has 2 aromatic heterocycles. The fourth-order valence-electron chi connectivity index (χ4n) is 3.14. The van der Waals surface area contributed by atoms with Crippen molar-refractivity contribution in [3.63, 3.8) is 0 Å². The minimum atomic E-state index is 0.555. The van der Waals surface area contributed by atoms with Crippen LogP contribution in [0.15, 0.2) is 6.07 Å². The van der Waals surface area contributed by atoms with Gasteiger partial charge in [0.1, 0.15) is 10.0 Å². The number of likely N-dealkylation sites (N-methyl/N-ethyl adjacent to an activating group) is 1. The van der Waals surface area contributed by atoms with Crippen molar-refractivity contribution in [2.75, 3.05) is 25.0 Å². The summed E-state index contributed by atoms with van der Waals surface area (Å²) in [6.07, 6.45) is 3.47. The first-order valence-corrected chi connectivity index (χ1v) is 8.60. The highest BCUT2D eigenvalue weighted by Crippen LogP contribution is 2.26. The van der Waals surface area contributed by atoms with E-state index in [1.165, 1.54) is 17.7 Å². The Kier molecular flexibility index (Phi) is 3.54. The maximum atomic E-state index is 4.39. The first kappa shape index (κ1) is 14.0. The molecule has 0 unspecified atom stereocenters. The van der Waals surface area contributed by atoms with E-state index in [1.807, 2.05) is 6.92 Å². The molecule has 2 aromatic rings. The predicted molar refractivity (Wildman–Crippen MR) is 86.2 cm³/mol. The van der Waals surface area contributed by atoms with Crippen molar-refractivity contribution in [3.05, 3.63) is 27.3 Å². The number of aromatic nitrogens is 4. The van der Waals surface area contributed by atoms with E-state index in [4.69, 9.17) is 0 Å². The Hall–Kier alpha value is -1.60. The van der Waals surface area contributed by atoms with Gasteiger partial charge in [-0.15, -0.1) is 26.6 Å². The highest BCUT2D eigenvalue weighted by molar-refractivity contribution is 7.11. The molecule has 0 saturated carbocycles. The summed E-state index contributed by atoms with van der Waals surface area (Å²) < 4.78 is 0. The van der Waals surface area contributed by atoms with Crippen LogP contribution in [-0.4, -0.2) is 51.5 Å². The van der Waals surface area contributed by atoms with Crippen molar-refractivity contribution >= 4 is 17.2 Å². The zero-order chi connectivity index (χ0) is 15.1. The van der Waals surface area contributed by atoms with Gasteiger partial charge in [0.2, 0.25) is 0 Å². The molecule has 1 fully saturated rings. The normalized spacial score (nSPS) is 17.9. The van der Waals surface area contributed by atoms with Crippen LogP contribution >= 0.6 is 11.3 Å². The molecule has 116 valence electrons. The van der Waals surface area contributed by atoms with Crippen molar-refractivity contribution in [2.45, 2.75) is 38.8 Å². The standard InChI is InChI=1S/C15H20N6S/c1-10-16-19-15(22-10)9-20(2)12-7-21(8-12)14-6-11-4-3-5-13(11)17-18-14/h6,12H,3-5,7-9H2,1-2H3. The van der Waals surface area contributed by atoms with Crippen LogP contribution in [0.4, 0.5) is 5.82 Å². The van der Waals surface area contributed by atoms with E-state index in [1.54, 1.807) is 11.3 Å². The molecule has 1 aliphatic carbocycles. The molecule has 0 spiro atoms. The number of aryl methyl sites for hydroxylation is 3. The molecule has 0 bridgehead atoms. The Bertz CT molecular complexity index is 678. The molecular weight excluding hydrogens is 296 g/mol. The summed E-state index contributed by atoms with van der Waals surface area (Å²) in [5.41, 5.74) is 2.59. The van der Waals surface area contributed by atoms with Gasteiger partial charge >= 0.3 is 0 Å². The van der Waals surface area contributed by atoms with Gasteiger partial charge in [-0.2, -0.15) is 5.10 Å². The molecule has 2 aliphatic rings. The van der Waals surface area contributed by atoms with Crippen LogP contribution in [0.5, 0.6) is 0 Å². The third kappa shape index (κ3) is 2.59. The maximum absolute atomic E-state index is 4.39. The van der Waals surface area contributed by atoms with Crippen LogP contribution in [0, 0.1) is 6.92 Å². The zero-order valence-corrected chi connectivity index (χ0v) is 13.8. The summed E-state index contributed by atoms with van der Waals surface area (Å²) >= 11 is 1.68. The third-order valence-electron chi connectivity index (χ3n) is 4.57. The maximum Gasteiger partial charge on any atom is 0.151 e. The second kappa shape index (κ2) is 5.55. The third-order valence-corrected chi connectivity index (χ3v) is 5.39. The van der Waals surface area contributed by atoms with E-state index in [0.29, 0.717) is 6.04 Å². The Morgan fingerprint density at radius 1 is 1.23 bits per heavy atom. The Labute approximate surface area is 134 Å². The van der Waals surface area contributed by atoms with E-state index >= 15 is 0 Å². The van der Waals surface area contributed by atoms with Crippen LogP contribution in [0.1, 0.15) is 27.7 Å². The quantitative estimate of drug-likeness (QED) is 0.851. The molecule has 4 rings (SSSR count). The van der Waals surface area contributed by atoms with Crippen LogP contribution in [0.3, 0.4) is 0 Å². The highest BCUT2D eigenvalue weighted by Gasteiger charge is 2.32. The Morgan fingerprint density at radius 2 is 2.09 bits per heavy atom. The van der Waals surface area contributed by atoms with Crippen molar-refractivity contribution in [2.24, 2.45) is 0 Å². The molecule has 0 aromatic carbocycles. The molecule has 0 amide bonds. The summed E-state index contributed by atoms with van der Waals surface area (Å²) in [4.78, 5) is 4.68. The first-order chi connectivity index (χ1) is 10.7. The monoisotopic (exact) mass is 316 g/mol.